The summed E-state index contributed by atoms with van der Waals surface area (Å²) in [5.74, 6) is -0.965. The van der Waals surface area contributed by atoms with Crippen LogP contribution in [0.4, 0.5) is 0 Å². The van der Waals surface area contributed by atoms with Crippen LogP contribution in [-0.2, 0) is 28.6 Å². The van der Waals surface area contributed by atoms with Crippen molar-refractivity contribution in [2.75, 3.05) is 13.2 Å². The molecule has 0 fully saturated rings. The van der Waals surface area contributed by atoms with Crippen molar-refractivity contribution in [3.63, 3.8) is 0 Å². The first-order chi connectivity index (χ1) is 29.5. The molecule has 0 aliphatic rings. The molecule has 0 amide bonds. The molecule has 1 atom stereocenters. The fourth-order valence-corrected chi connectivity index (χ4v) is 6.80. The van der Waals surface area contributed by atoms with E-state index < -0.39 is 6.10 Å². The molecule has 0 N–H and O–H groups in total. The van der Waals surface area contributed by atoms with Crippen molar-refractivity contribution in [2.45, 2.75) is 239 Å². The topological polar surface area (TPSA) is 78.9 Å². The van der Waals surface area contributed by atoms with Crippen LogP contribution in [0.2, 0.25) is 0 Å². The van der Waals surface area contributed by atoms with Crippen LogP contribution >= 0.6 is 0 Å². The Balaban J connectivity index is 4.47. The summed E-state index contributed by atoms with van der Waals surface area (Å²) >= 11 is 0. The quantitative estimate of drug-likeness (QED) is 0.0263. The number of unbranched alkanes of at least 4 members (excludes halogenated alkanes) is 25. The van der Waals surface area contributed by atoms with E-state index in [2.05, 4.69) is 57.2 Å². The minimum absolute atomic E-state index is 0.0987. The van der Waals surface area contributed by atoms with Crippen molar-refractivity contribution in [1.82, 2.24) is 0 Å². The third-order valence-electron chi connectivity index (χ3n) is 10.6. The monoisotopic (exact) mass is 837 g/mol. The highest BCUT2D eigenvalue weighted by Gasteiger charge is 2.19. The lowest BCUT2D eigenvalue weighted by atomic mass is 10.0. The van der Waals surface area contributed by atoms with Crippen LogP contribution in [0.15, 0.2) is 72.9 Å². The van der Waals surface area contributed by atoms with E-state index in [0.717, 1.165) is 77.0 Å². The number of carbonyl (C=O) groups is 3. The van der Waals surface area contributed by atoms with Crippen LogP contribution in [-0.4, -0.2) is 37.2 Å². The summed E-state index contributed by atoms with van der Waals surface area (Å²) in [5.41, 5.74) is 0. The summed E-state index contributed by atoms with van der Waals surface area (Å²) in [7, 11) is 0. The summed E-state index contributed by atoms with van der Waals surface area (Å²) in [6, 6.07) is 0. The van der Waals surface area contributed by atoms with Crippen molar-refractivity contribution < 1.29 is 28.6 Å². The molecule has 6 nitrogen and oxygen atoms in total. The first kappa shape index (κ1) is 56.9. The highest BCUT2D eigenvalue weighted by molar-refractivity contribution is 5.71. The second-order valence-corrected chi connectivity index (χ2v) is 16.5. The van der Waals surface area contributed by atoms with Crippen LogP contribution in [0.3, 0.4) is 0 Å². The van der Waals surface area contributed by atoms with Crippen molar-refractivity contribution in [3.05, 3.63) is 72.9 Å². The van der Waals surface area contributed by atoms with Crippen molar-refractivity contribution in [2.24, 2.45) is 0 Å². The van der Waals surface area contributed by atoms with Gasteiger partial charge in [-0.15, -0.1) is 0 Å². The van der Waals surface area contributed by atoms with Gasteiger partial charge in [-0.2, -0.15) is 0 Å². The second kappa shape index (κ2) is 48.5. The van der Waals surface area contributed by atoms with Gasteiger partial charge in [0.05, 0.1) is 0 Å². The average molecular weight is 837 g/mol. The van der Waals surface area contributed by atoms with Gasteiger partial charge in [0, 0.05) is 19.3 Å². The molecule has 0 aliphatic heterocycles. The lowest BCUT2D eigenvalue weighted by Crippen LogP contribution is -2.30. The van der Waals surface area contributed by atoms with Gasteiger partial charge in [0.2, 0.25) is 0 Å². The molecular weight excluding hydrogens is 745 g/mol. The zero-order valence-electron chi connectivity index (χ0n) is 39.2. The number of carbonyl (C=O) groups excluding carboxylic acids is 3. The molecule has 0 rings (SSSR count). The molecule has 0 aromatic heterocycles. The zero-order chi connectivity index (χ0) is 43.7. The largest absolute Gasteiger partial charge is 0.462 e. The van der Waals surface area contributed by atoms with Gasteiger partial charge in [-0.3, -0.25) is 14.4 Å². The fourth-order valence-electron chi connectivity index (χ4n) is 6.80. The zero-order valence-corrected chi connectivity index (χ0v) is 39.2. The predicted octanol–water partition coefficient (Wildman–Crippen LogP) is 16.3. The number of rotatable bonds is 44. The van der Waals surface area contributed by atoms with E-state index >= 15 is 0 Å². The Morgan fingerprint density at radius 3 is 1.05 bits per heavy atom. The fraction of sp³-hybridized carbons (Fsp3) is 0.722. The molecule has 0 saturated carbocycles. The average Bonchev–Trinajstić information content (AvgIpc) is 3.24. The maximum atomic E-state index is 12.7. The van der Waals surface area contributed by atoms with Crippen molar-refractivity contribution in [1.29, 1.82) is 0 Å². The molecule has 0 heterocycles. The smallest absolute Gasteiger partial charge is 0.306 e. The van der Waals surface area contributed by atoms with Gasteiger partial charge in [0.1, 0.15) is 13.2 Å². The minimum atomic E-state index is -0.803. The van der Waals surface area contributed by atoms with Gasteiger partial charge in [-0.1, -0.05) is 222 Å². The van der Waals surface area contributed by atoms with Gasteiger partial charge >= 0.3 is 17.9 Å². The van der Waals surface area contributed by atoms with Crippen molar-refractivity contribution in [3.8, 4) is 0 Å². The summed E-state index contributed by atoms with van der Waals surface area (Å²) in [6.07, 6.45) is 60.3. The van der Waals surface area contributed by atoms with Gasteiger partial charge in [-0.25, -0.2) is 0 Å². The van der Waals surface area contributed by atoms with Gasteiger partial charge in [0.25, 0.3) is 0 Å². The number of hydrogen-bond acceptors (Lipinski definition) is 6. The summed E-state index contributed by atoms with van der Waals surface area (Å²) < 4.78 is 16.7. The third kappa shape index (κ3) is 45.9. The SMILES string of the molecule is CC/C=C/C=C/C=C/C=C/CCCCCC(=O)OC(COC(=O)CCCCC/C=C/C=C/CCCCCCCCC)COC(=O)CCCCCCCCCCCCCCC. The van der Waals surface area contributed by atoms with E-state index in [0.29, 0.717) is 19.3 Å². The van der Waals surface area contributed by atoms with E-state index in [1.54, 1.807) is 0 Å². The Bertz CT molecular complexity index is 1140. The lowest BCUT2D eigenvalue weighted by Gasteiger charge is -2.18. The molecule has 1 unspecified atom stereocenters. The van der Waals surface area contributed by atoms with Crippen LogP contribution in [0, 0.1) is 0 Å². The third-order valence-corrected chi connectivity index (χ3v) is 10.6. The number of esters is 3. The second-order valence-electron chi connectivity index (χ2n) is 16.5. The van der Waals surface area contributed by atoms with Gasteiger partial charge in [-0.05, 0) is 64.2 Å². The van der Waals surface area contributed by atoms with Crippen molar-refractivity contribution >= 4 is 17.9 Å². The number of ether oxygens (including phenoxy) is 3. The van der Waals surface area contributed by atoms with Crippen LogP contribution in [0.25, 0.3) is 0 Å². The summed E-state index contributed by atoms with van der Waals surface area (Å²) in [5, 5.41) is 0. The molecule has 0 spiro atoms. The van der Waals surface area contributed by atoms with E-state index in [4.69, 9.17) is 14.2 Å². The Morgan fingerprint density at radius 2 is 0.650 bits per heavy atom. The molecular formula is C54H92O6. The van der Waals surface area contributed by atoms with Crippen LogP contribution < -0.4 is 0 Å². The van der Waals surface area contributed by atoms with Gasteiger partial charge < -0.3 is 14.2 Å². The Kier molecular flexibility index (Phi) is 46.0. The molecule has 0 aliphatic carbocycles. The maximum Gasteiger partial charge on any atom is 0.306 e. The molecule has 0 aromatic carbocycles. The van der Waals surface area contributed by atoms with E-state index in [-0.39, 0.29) is 37.5 Å². The highest BCUT2D eigenvalue weighted by Crippen LogP contribution is 2.14. The normalized spacial score (nSPS) is 12.7. The first-order valence-corrected chi connectivity index (χ1v) is 25.0. The summed E-state index contributed by atoms with van der Waals surface area (Å²) in [6.45, 7) is 6.43. The first-order valence-electron chi connectivity index (χ1n) is 25.0. The molecule has 0 aromatic rings. The molecule has 60 heavy (non-hydrogen) atoms. The Labute approximate surface area is 370 Å². The van der Waals surface area contributed by atoms with Crippen LogP contribution in [0.5, 0.6) is 0 Å². The van der Waals surface area contributed by atoms with E-state index in [1.807, 2.05) is 36.5 Å². The van der Waals surface area contributed by atoms with E-state index in [1.165, 1.54) is 109 Å². The predicted molar refractivity (Wildman–Crippen MR) is 256 cm³/mol. The molecule has 6 heteroatoms. The maximum absolute atomic E-state index is 12.7. The highest BCUT2D eigenvalue weighted by atomic mass is 16.6. The molecule has 344 valence electrons. The molecule has 0 radical (unpaired) electrons. The minimum Gasteiger partial charge on any atom is -0.462 e. The van der Waals surface area contributed by atoms with Gasteiger partial charge in [0.15, 0.2) is 6.10 Å². The number of allylic oxidation sites excluding steroid dienone is 12. The standard InChI is InChI=1S/C54H92O6/c1-4-7-10-13-16-19-22-25-26-27-30-32-35-38-41-44-47-53(56)59-50-51(60-54(57)48-45-42-39-36-33-29-24-21-18-15-12-9-6-3)49-58-52(55)46-43-40-37-34-31-28-23-20-17-14-11-8-5-2/h9,12,15,18,21,24,26-27,29-30,32-33,51H,4-8,10-11,13-14,16-17,19-20,22-23,25,28,31,34-50H2,1-3H3/b12-9+,18-15+,24-21+,27-26+,32-30+,33-29+. The van der Waals surface area contributed by atoms with Crippen LogP contribution in [0.1, 0.15) is 233 Å². The van der Waals surface area contributed by atoms with E-state index in [9.17, 15) is 14.4 Å². The summed E-state index contributed by atoms with van der Waals surface area (Å²) in [4.78, 5) is 37.9. The Morgan fingerprint density at radius 1 is 0.350 bits per heavy atom. The number of hydrogen-bond donors (Lipinski definition) is 0. The molecule has 0 saturated heterocycles. The Hall–Kier alpha value is -3.15. The lowest BCUT2D eigenvalue weighted by molar-refractivity contribution is -0.167. The molecule has 0 bridgehead atoms.